The van der Waals surface area contributed by atoms with Crippen LogP contribution in [0.5, 0.6) is 0 Å². The number of benzene rings is 5. The van der Waals surface area contributed by atoms with Crippen LogP contribution >= 0.6 is 12.2 Å². The van der Waals surface area contributed by atoms with Gasteiger partial charge in [-0.3, -0.25) is 19.4 Å². The average Bonchev–Trinajstić information content (AvgIpc) is 2.92. The van der Waals surface area contributed by atoms with Gasteiger partial charge in [0, 0.05) is 0 Å². The Balaban J connectivity index is 1.64. The third-order valence-electron chi connectivity index (χ3n) is 7.06. The maximum atomic E-state index is 14.2. The Bertz CT molecular complexity index is 1700. The van der Waals surface area contributed by atoms with Crippen molar-refractivity contribution < 1.29 is 9.59 Å². The maximum absolute atomic E-state index is 14.2. The van der Waals surface area contributed by atoms with Gasteiger partial charge in [-0.15, -0.1) is 0 Å². The van der Waals surface area contributed by atoms with Crippen molar-refractivity contribution in [2.24, 2.45) is 0 Å². The molecule has 0 unspecified atom stereocenters. The molecule has 1 aliphatic rings. The normalized spacial score (nSPS) is 14.1. The van der Waals surface area contributed by atoms with E-state index in [0.717, 1.165) is 38.2 Å². The summed E-state index contributed by atoms with van der Waals surface area (Å²) < 4.78 is 0. The van der Waals surface area contributed by atoms with Gasteiger partial charge >= 0.3 is 0 Å². The monoisotopic (exact) mass is 512 g/mol. The van der Waals surface area contributed by atoms with Gasteiger partial charge in [0.25, 0.3) is 11.8 Å². The van der Waals surface area contributed by atoms with E-state index in [1.54, 1.807) is 6.08 Å². The molecule has 0 N–H and O–H groups in total. The number of carbonyl (C=O) groups is 2. The summed E-state index contributed by atoms with van der Waals surface area (Å²) in [5.74, 6) is -0.868. The minimum Gasteiger partial charge on any atom is -0.268 e. The second-order valence-electron chi connectivity index (χ2n) is 9.43. The van der Waals surface area contributed by atoms with Crippen LogP contribution in [0, 0.1) is 13.8 Å². The summed E-state index contributed by atoms with van der Waals surface area (Å²) in [5.41, 5.74) is 3.98. The predicted molar refractivity (Wildman–Crippen MR) is 159 cm³/mol. The molecule has 2 amide bonds. The van der Waals surface area contributed by atoms with Gasteiger partial charge in [0.15, 0.2) is 5.11 Å². The van der Waals surface area contributed by atoms with Crippen molar-refractivity contribution in [1.29, 1.82) is 0 Å². The molecule has 0 atom stereocenters. The highest BCUT2D eigenvalue weighted by molar-refractivity contribution is 7.81. The molecule has 0 aromatic heterocycles. The lowest BCUT2D eigenvalue weighted by atomic mass is 9.94. The van der Waals surface area contributed by atoms with Gasteiger partial charge in [0.1, 0.15) is 5.57 Å². The van der Waals surface area contributed by atoms with Gasteiger partial charge in [-0.1, -0.05) is 84.9 Å². The second kappa shape index (κ2) is 9.36. The van der Waals surface area contributed by atoms with Gasteiger partial charge in [0.05, 0.1) is 11.4 Å². The Hall–Kier alpha value is -4.61. The Morgan fingerprint density at radius 2 is 1.03 bits per heavy atom. The molecule has 1 heterocycles. The first-order chi connectivity index (χ1) is 18.5. The van der Waals surface area contributed by atoms with Crippen LogP contribution in [0.3, 0.4) is 0 Å². The zero-order valence-corrected chi connectivity index (χ0v) is 21.8. The SMILES string of the molecule is Cc1ccccc1N1C(=O)C(=Cc2c3ccccc3cc3ccccc23)C(=O)N(c2ccccc2C)C1=S. The zero-order chi connectivity index (χ0) is 26.4. The third kappa shape index (κ3) is 3.80. The van der Waals surface area contributed by atoms with E-state index in [4.69, 9.17) is 12.2 Å². The molecular formula is C33H24N2O2S. The highest BCUT2D eigenvalue weighted by atomic mass is 32.1. The van der Waals surface area contributed by atoms with Gasteiger partial charge < -0.3 is 0 Å². The van der Waals surface area contributed by atoms with Gasteiger partial charge in [-0.25, -0.2) is 0 Å². The number of nitrogens with zero attached hydrogens (tertiary/aromatic N) is 2. The van der Waals surface area contributed by atoms with Crippen LogP contribution in [-0.4, -0.2) is 16.9 Å². The molecule has 38 heavy (non-hydrogen) atoms. The molecule has 6 rings (SSSR count). The fraction of sp³-hybridized carbons (Fsp3) is 0.0606. The number of amides is 2. The fourth-order valence-electron chi connectivity index (χ4n) is 5.13. The molecule has 1 aliphatic heterocycles. The van der Waals surface area contributed by atoms with Crippen LogP contribution in [0.1, 0.15) is 16.7 Å². The van der Waals surface area contributed by atoms with E-state index >= 15 is 0 Å². The van der Waals surface area contributed by atoms with Crippen LogP contribution in [0.25, 0.3) is 27.6 Å². The number of carbonyl (C=O) groups excluding carboxylic acids is 2. The summed E-state index contributed by atoms with van der Waals surface area (Å²) in [4.78, 5) is 31.3. The number of fused-ring (bicyclic) bond motifs is 2. The van der Waals surface area contributed by atoms with Crippen molar-refractivity contribution in [3.05, 3.63) is 125 Å². The van der Waals surface area contributed by atoms with E-state index in [1.807, 2.05) is 111 Å². The summed E-state index contributed by atoms with van der Waals surface area (Å²) in [6.45, 7) is 3.86. The maximum Gasteiger partial charge on any atom is 0.270 e. The van der Waals surface area contributed by atoms with Crippen LogP contribution in [0.15, 0.2) is 109 Å². The molecule has 0 spiro atoms. The Kier molecular flexibility index (Phi) is 5.86. The number of para-hydroxylation sites is 2. The zero-order valence-electron chi connectivity index (χ0n) is 21.0. The molecule has 0 bridgehead atoms. The quantitative estimate of drug-likeness (QED) is 0.110. The molecule has 5 heteroatoms. The second-order valence-corrected chi connectivity index (χ2v) is 9.79. The molecular weight excluding hydrogens is 488 g/mol. The number of thiocarbonyl (C=S) groups is 1. The topological polar surface area (TPSA) is 40.6 Å². The summed E-state index contributed by atoms with van der Waals surface area (Å²) in [5, 5.41) is 4.16. The Morgan fingerprint density at radius 3 is 1.50 bits per heavy atom. The lowest BCUT2D eigenvalue weighted by Crippen LogP contribution is -2.57. The van der Waals surface area contributed by atoms with E-state index in [2.05, 4.69) is 6.07 Å². The molecule has 0 radical (unpaired) electrons. The molecule has 0 aliphatic carbocycles. The van der Waals surface area contributed by atoms with Crippen LogP contribution in [-0.2, 0) is 9.59 Å². The van der Waals surface area contributed by atoms with E-state index in [1.165, 1.54) is 9.80 Å². The van der Waals surface area contributed by atoms with Gasteiger partial charge in [-0.2, -0.15) is 0 Å². The van der Waals surface area contributed by atoms with Crippen molar-refractivity contribution >= 4 is 68.1 Å². The van der Waals surface area contributed by atoms with Crippen molar-refractivity contribution in [3.63, 3.8) is 0 Å². The van der Waals surface area contributed by atoms with Crippen LogP contribution in [0.4, 0.5) is 11.4 Å². The number of aryl methyl sites for hydroxylation is 2. The summed E-state index contributed by atoms with van der Waals surface area (Å²) in [7, 11) is 0. The first kappa shape index (κ1) is 23.8. The average molecular weight is 513 g/mol. The summed E-state index contributed by atoms with van der Waals surface area (Å²) in [6.07, 6.45) is 1.74. The van der Waals surface area contributed by atoms with Crippen LogP contribution < -0.4 is 9.80 Å². The Morgan fingerprint density at radius 1 is 0.605 bits per heavy atom. The Labute approximate surface area is 226 Å². The molecule has 5 aromatic rings. The molecule has 4 nitrogen and oxygen atoms in total. The highest BCUT2D eigenvalue weighted by Gasteiger charge is 2.42. The lowest BCUT2D eigenvalue weighted by Gasteiger charge is -2.37. The molecule has 0 saturated carbocycles. The first-order valence-corrected chi connectivity index (χ1v) is 12.8. The first-order valence-electron chi connectivity index (χ1n) is 12.4. The lowest BCUT2D eigenvalue weighted by molar-refractivity contribution is -0.120. The summed E-state index contributed by atoms with van der Waals surface area (Å²) >= 11 is 5.84. The number of hydrogen-bond acceptors (Lipinski definition) is 3. The van der Waals surface area contributed by atoms with E-state index in [0.29, 0.717) is 11.4 Å². The van der Waals surface area contributed by atoms with E-state index in [-0.39, 0.29) is 10.7 Å². The van der Waals surface area contributed by atoms with Gasteiger partial charge in [-0.05, 0) is 88.6 Å². The van der Waals surface area contributed by atoms with E-state index in [9.17, 15) is 9.59 Å². The fourth-order valence-corrected chi connectivity index (χ4v) is 5.49. The van der Waals surface area contributed by atoms with Crippen molar-refractivity contribution in [1.82, 2.24) is 0 Å². The number of rotatable bonds is 3. The van der Waals surface area contributed by atoms with Crippen molar-refractivity contribution in [2.45, 2.75) is 13.8 Å². The number of hydrogen-bond donors (Lipinski definition) is 0. The highest BCUT2D eigenvalue weighted by Crippen LogP contribution is 2.35. The standard InChI is InChI=1S/C33H24N2O2S/c1-21-11-3-9-17-29(21)34-31(36)28(32(37)35(33(34)38)30-18-10-4-12-22(30)2)20-27-25-15-7-5-13-23(25)19-24-14-6-8-16-26(24)27/h3-20H,1-2H3. The van der Waals surface area contributed by atoms with Crippen molar-refractivity contribution in [2.75, 3.05) is 9.80 Å². The predicted octanol–water partition coefficient (Wildman–Crippen LogP) is 7.36. The number of anilines is 2. The van der Waals surface area contributed by atoms with Crippen molar-refractivity contribution in [3.8, 4) is 0 Å². The van der Waals surface area contributed by atoms with Gasteiger partial charge in [0.2, 0.25) is 0 Å². The molecule has 1 fully saturated rings. The summed E-state index contributed by atoms with van der Waals surface area (Å²) in [6, 6.07) is 33.3. The minimum atomic E-state index is -0.434. The van der Waals surface area contributed by atoms with E-state index < -0.39 is 11.8 Å². The largest absolute Gasteiger partial charge is 0.270 e. The third-order valence-corrected chi connectivity index (χ3v) is 7.43. The minimum absolute atomic E-state index is 0.0617. The van der Waals surface area contributed by atoms with Crippen LogP contribution in [0.2, 0.25) is 0 Å². The molecule has 184 valence electrons. The smallest absolute Gasteiger partial charge is 0.268 e. The molecule has 1 saturated heterocycles. The molecule has 5 aromatic carbocycles.